The number of sulfonamides is 1. The number of carbonyl (C=O) groups is 1. The van der Waals surface area contributed by atoms with E-state index >= 15 is 0 Å². The van der Waals surface area contributed by atoms with Crippen molar-refractivity contribution in [3.8, 4) is 17.0 Å². The summed E-state index contributed by atoms with van der Waals surface area (Å²) in [5.41, 5.74) is 3.15. The molecule has 3 N–H and O–H groups in total. The third kappa shape index (κ3) is 4.30. The molecule has 4 rings (SSSR count). The second kappa shape index (κ2) is 8.25. The van der Waals surface area contributed by atoms with E-state index in [0.29, 0.717) is 5.69 Å². The number of fused-ring (bicyclic) bond motifs is 1. The van der Waals surface area contributed by atoms with Crippen LogP contribution >= 0.6 is 0 Å². The van der Waals surface area contributed by atoms with Crippen LogP contribution in [0.1, 0.15) is 0 Å². The maximum absolute atomic E-state index is 12.9. The first-order chi connectivity index (χ1) is 14.9. The van der Waals surface area contributed by atoms with Crippen LogP contribution in [0, 0.1) is 0 Å². The van der Waals surface area contributed by atoms with Gasteiger partial charge in [-0.15, -0.1) is 0 Å². The number of para-hydroxylation sites is 1. The fraction of sp³-hybridized carbons (Fsp3) is 0.0870. The number of nitrogens with one attached hydrogen (secondary N) is 1. The Morgan fingerprint density at radius 2 is 1.71 bits per heavy atom. The quantitative estimate of drug-likeness (QED) is 0.483. The highest BCUT2D eigenvalue weighted by Crippen LogP contribution is 2.29. The summed E-state index contributed by atoms with van der Waals surface area (Å²) in [6.07, 6.45) is 0. The molecule has 0 spiro atoms. The first kappa shape index (κ1) is 20.6. The van der Waals surface area contributed by atoms with Gasteiger partial charge in [0.2, 0.25) is 15.9 Å². The topological polar surface area (TPSA) is 103 Å². The highest BCUT2D eigenvalue weighted by Gasteiger charge is 2.18. The fourth-order valence-electron chi connectivity index (χ4n) is 3.55. The highest BCUT2D eigenvalue weighted by atomic mass is 32.2. The zero-order valence-corrected chi connectivity index (χ0v) is 17.6. The van der Waals surface area contributed by atoms with E-state index in [9.17, 15) is 13.2 Å². The lowest BCUT2D eigenvalue weighted by Gasteiger charge is -2.13. The molecule has 8 heteroatoms. The molecule has 0 aliphatic rings. The van der Waals surface area contributed by atoms with Gasteiger partial charge in [-0.3, -0.25) is 4.79 Å². The number of nitrogens with zero attached hydrogens (tertiary/aromatic N) is 1. The predicted molar refractivity (Wildman–Crippen MR) is 120 cm³/mol. The molecule has 1 heterocycles. The third-order valence-electron chi connectivity index (χ3n) is 4.94. The van der Waals surface area contributed by atoms with Crippen LogP contribution in [-0.4, -0.2) is 26.0 Å². The average Bonchev–Trinajstić information content (AvgIpc) is 3.12. The lowest BCUT2D eigenvalue weighted by atomic mass is 10.1. The Hall–Kier alpha value is -3.62. The Morgan fingerprint density at radius 1 is 1.00 bits per heavy atom. The second-order valence-corrected chi connectivity index (χ2v) is 8.53. The molecule has 0 radical (unpaired) electrons. The molecule has 0 saturated carbocycles. The number of ether oxygens (including phenoxy) is 1. The molecule has 1 amide bonds. The molecule has 7 nitrogen and oxygen atoms in total. The first-order valence-corrected chi connectivity index (χ1v) is 11.1. The number of primary sulfonamides is 1. The van der Waals surface area contributed by atoms with E-state index in [2.05, 4.69) is 5.32 Å². The van der Waals surface area contributed by atoms with Gasteiger partial charge in [-0.2, -0.15) is 0 Å². The van der Waals surface area contributed by atoms with E-state index in [1.807, 2.05) is 65.2 Å². The molecule has 0 bridgehead atoms. The van der Waals surface area contributed by atoms with Gasteiger partial charge in [0.1, 0.15) is 17.2 Å². The van der Waals surface area contributed by atoms with Gasteiger partial charge in [0.15, 0.2) is 0 Å². The maximum atomic E-state index is 12.9. The average molecular weight is 436 g/mol. The van der Waals surface area contributed by atoms with Gasteiger partial charge in [0.25, 0.3) is 0 Å². The Labute approximate surface area is 180 Å². The van der Waals surface area contributed by atoms with Crippen molar-refractivity contribution in [2.45, 2.75) is 11.4 Å². The largest absolute Gasteiger partial charge is 0.495 e. The van der Waals surface area contributed by atoms with Crippen molar-refractivity contribution in [3.05, 3.63) is 78.9 Å². The van der Waals surface area contributed by atoms with Crippen LogP contribution in [0.15, 0.2) is 83.8 Å². The summed E-state index contributed by atoms with van der Waals surface area (Å²) in [7, 11) is -2.66. The third-order valence-corrected chi connectivity index (χ3v) is 5.87. The lowest BCUT2D eigenvalue weighted by Crippen LogP contribution is -2.20. The number of rotatable bonds is 6. The van der Waals surface area contributed by atoms with Gasteiger partial charge in [0, 0.05) is 22.3 Å². The number of amides is 1. The highest BCUT2D eigenvalue weighted by molar-refractivity contribution is 7.89. The molecular weight excluding hydrogens is 414 g/mol. The summed E-state index contributed by atoms with van der Waals surface area (Å²) >= 11 is 0. The number of hydrogen-bond donors (Lipinski definition) is 2. The number of methoxy groups -OCH3 is 1. The Morgan fingerprint density at radius 3 is 2.42 bits per heavy atom. The number of anilines is 1. The zero-order valence-electron chi connectivity index (χ0n) is 16.8. The maximum Gasteiger partial charge on any atom is 0.244 e. The minimum atomic E-state index is -4.01. The van der Waals surface area contributed by atoms with Gasteiger partial charge in [-0.1, -0.05) is 48.5 Å². The van der Waals surface area contributed by atoms with Crippen LogP contribution in [0.3, 0.4) is 0 Å². The molecule has 0 aliphatic carbocycles. The molecule has 3 aromatic carbocycles. The summed E-state index contributed by atoms with van der Waals surface area (Å²) in [6, 6.07) is 24.0. The van der Waals surface area contributed by atoms with Crippen molar-refractivity contribution >= 4 is 32.5 Å². The number of benzene rings is 3. The fourth-order valence-corrected chi connectivity index (χ4v) is 4.27. The van der Waals surface area contributed by atoms with Gasteiger partial charge in [-0.25, -0.2) is 13.6 Å². The molecule has 0 aliphatic heterocycles. The van der Waals surface area contributed by atoms with Crippen LogP contribution in [0.25, 0.3) is 22.2 Å². The van der Waals surface area contributed by atoms with Crippen LogP contribution < -0.4 is 15.2 Å². The predicted octanol–water partition coefficient (Wildman–Crippen LogP) is 3.60. The van der Waals surface area contributed by atoms with Crippen molar-refractivity contribution in [2.24, 2.45) is 5.14 Å². The molecular formula is C23H21N3O4S. The van der Waals surface area contributed by atoms with E-state index in [1.54, 1.807) is 6.07 Å². The van der Waals surface area contributed by atoms with Crippen LogP contribution in [0.5, 0.6) is 5.75 Å². The summed E-state index contributed by atoms with van der Waals surface area (Å²) in [5, 5.41) is 9.04. The molecule has 0 unspecified atom stereocenters. The Balaban J connectivity index is 1.67. The molecule has 0 saturated heterocycles. The van der Waals surface area contributed by atoms with Crippen molar-refractivity contribution in [1.29, 1.82) is 0 Å². The van der Waals surface area contributed by atoms with E-state index in [-0.39, 0.29) is 23.1 Å². The van der Waals surface area contributed by atoms with E-state index in [4.69, 9.17) is 9.88 Å². The monoisotopic (exact) mass is 435 g/mol. The Bertz CT molecular complexity index is 1360. The van der Waals surface area contributed by atoms with E-state index in [1.165, 1.54) is 19.2 Å². The van der Waals surface area contributed by atoms with Crippen LogP contribution in [0.2, 0.25) is 0 Å². The zero-order chi connectivity index (χ0) is 22.0. The second-order valence-electron chi connectivity index (χ2n) is 7.00. The minimum Gasteiger partial charge on any atom is -0.495 e. The molecule has 0 atom stereocenters. The van der Waals surface area contributed by atoms with Crippen molar-refractivity contribution in [1.82, 2.24) is 4.57 Å². The van der Waals surface area contributed by atoms with Crippen LogP contribution in [0.4, 0.5) is 5.69 Å². The van der Waals surface area contributed by atoms with E-state index in [0.717, 1.165) is 22.2 Å². The first-order valence-electron chi connectivity index (χ1n) is 9.51. The molecule has 1 aromatic heterocycles. The van der Waals surface area contributed by atoms with Crippen molar-refractivity contribution < 1.29 is 17.9 Å². The van der Waals surface area contributed by atoms with Gasteiger partial charge < -0.3 is 14.6 Å². The summed E-state index contributed by atoms with van der Waals surface area (Å²) in [5.74, 6) is -0.188. The molecule has 158 valence electrons. The minimum absolute atomic E-state index is 0.0501. The normalized spacial score (nSPS) is 11.4. The number of hydrogen-bond acceptors (Lipinski definition) is 4. The molecule has 0 fully saturated rings. The number of carbonyl (C=O) groups excluding carboxylic acids is 1. The summed E-state index contributed by atoms with van der Waals surface area (Å²) in [6.45, 7) is 0.0501. The summed E-state index contributed by atoms with van der Waals surface area (Å²) in [4.78, 5) is 12.7. The van der Waals surface area contributed by atoms with Crippen LogP contribution in [-0.2, 0) is 21.4 Å². The van der Waals surface area contributed by atoms with Crippen molar-refractivity contribution in [3.63, 3.8) is 0 Å². The standard InChI is InChI=1S/C23H21N3O4S/c1-30-21-12-11-18(14-22(21)31(24,28)29)25-23(27)15-26-19-10-6-5-9-17(19)13-20(26)16-7-3-2-4-8-16/h2-14H,15H2,1H3,(H,25,27)(H2,24,28,29). The Kier molecular flexibility index (Phi) is 5.50. The van der Waals surface area contributed by atoms with Crippen molar-refractivity contribution in [2.75, 3.05) is 12.4 Å². The van der Waals surface area contributed by atoms with Gasteiger partial charge >= 0.3 is 0 Å². The van der Waals surface area contributed by atoms with Gasteiger partial charge in [-0.05, 0) is 35.9 Å². The van der Waals surface area contributed by atoms with E-state index < -0.39 is 10.0 Å². The van der Waals surface area contributed by atoms with Gasteiger partial charge in [0.05, 0.1) is 7.11 Å². The number of aromatic nitrogens is 1. The SMILES string of the molecule is COc1ccc(NC(=O)Cn2c(-c3ccccc3)cc3ccccc32)cc1S(N)(=O)=O. The number of nitrogens with two attached hydrogens (primary N) is 1. The smallest absolute Gasteiger partial charge is 0.244 e. The summed E-state index contributed by atoms with van der Waals surface area (Å²) < 4.78 is 30.7. The molecule has 4 aromatic rings. The molecule has 31 heavy (non-hydrogen) atoms. The lowest BCUT2D eigenvalue weighted by molar-refractivity contribution is -0.116.